The second-order valence-corrected chi connectivity index (χ2v) is 5.25. The lowest BCUT2D eigenvalue weighted by atomic mass is 10.1. The van der Waals surface area contributed by atoms with E-state index in [0.29, 0.717) is 0 Å². The van der Waals surface area contributed by atoms with Crippen molar-refractivity contribution in [3.8, 4) is 6.07 Å². The molecule has 2 heterocycles. The summed E-state index contributed by atoms with van der Waals surface area (Å²) in [6.45, 7) is 3.60. The Morgan fingerprint density at radius 2 is 2.37 bits per heavy atom. The molecule has 6 nitrogen and oxygen atoms in total. The zero-order valence-electron chi connectivity index (χ0n) is 10.9. The van der Waals surface area contributed by atoms with Crippen molar-refractivity contribution in [3.05, 3.63) is 22.5 Å². The summed E-state index contributed by atoms with van der Waals surface area (Å²) in [5, 5.41) is 20.2. The van der Waals surface area contributed by atoms with E-state index in [-0.39, 0.29) is 6.54 Å². The van der Waals surface area contributed by atoms with Crippen LogP contribution in [0.4, 0.5) is 0 Å². The summed E-state index contributed by atoms with van der Waals surface area (Å²) in [5.41, 5.74) is 2.51. The van der Waals surface area contributed by atoms with Gasteiger partial charge in [-0.05, 0) is 20.9 Å². The van der Waals surface area contributed by atoms with Crippen LogP contribution in [-0.2, 0) is 4.79 Å². The van der Waals surface area contributed by atoms with Crippen LogP contribution in [0, 0.1) is 25.2 Å². The number of aromatic nitrogens is 2. The van der Waals surface area contributed by atoms with E-state index in [0.717, 1.165) is 22.0 Å². The SMILES string of the molecule is Cc1nc2scc(C)n2c1C(C#N)N(C)CC(=O)O. The molecule has 0 fully saturated rings. The first kappa shape index (κ1) is 13.5. The van der Waals surface area contributed by atoms with Crippen molar-refractivity contribution < 1.29 is 9.90 Å². The molecule has 19 heavy (non-hydrogen) atoms. The largest absolute Gasteiger partial charge is 0.480 e. The highest BCUT2D eigenvalue weighted by molar-refractivity contribution is 7.15. The molecule has 1 N–H and O–H groups in total. The highest BCUT2D eigenvalue weighted by Crippen LogP contribution is 2.27. The van der Waals surface area contributed by atoms with Gasteiger partial charge >= 0.3 is 5.97 Å². The maximum Gasteiger partial charge on any atom is 0.317 e. The summed E-state index contributed by atoms with van der Waals surface area (Å²) in [4.78, 5) is 17.6. The third-order valence-corrected chi connectivity index (χ3v) is 3.90. The minimum Gasteiger partial charge on any atom is -0.480 e. The van der Waals surface area contributed by atoms with Gasteiger partial charge in [0.25, 0.3) is 0 Å². The third kappa shape index (κ3) is 2.32. The van der Waals surface area contributed by atoms with Crippen LogP contribution in [0.2, 0.25) is 0 Å². The molecule has 0 radical (unpaired) electrons. The van der Waals surface area contributed by atoms with Gasteiger partial charge < -0.3 is 5.11 Å². The first-order chi connectivity index (χ1) is 8.95. The Morgan fingerprint density at radius 3 is 2.95 bits per heavy atom. The molecule has 2 aromatic heterocycles. The van der Waals surface area contributed by atoms with E-state index in [1.54, 1.807) is 7.05 Å². The maximum atomic E-state index is 10.8. The number of hydrogen-bond acceptors (Lipinski definition) is 5. The van der Waals surface area contributed by atoms with Crippen LogP contribution in [0.3, 0.4) is 0 Å². The Labute approximate surface area is 114 Å². The summed E-state index contributed by atoms with van der Waals surface area (Å²) in [7, 11) is 1.63. The fourth-order valence-corrected chi connectivity index (χ4v) is 3.04. The normalized spacial score (nSPS) is 12.8. The van der Waals surface area contributed by atoms with Gasteiger partial charge in [0, 0.05) is 11.1 Å². The predicted molar refractivity (Wildman–Crippen MR) is 71.2 cm³/mol. The van der Waals surface area contributed by atoms with Crippen molar-refractivity contribution in [2.24, 2.45) is 0 Å². The van der Waals surface area contributed by atoms with E-state index in [9.17, 15) is 10.1 Å². The Balaban J connectivity index is 2.52. The number of aryl methyl sites for hydroxylation is 2. The van der Waals surface area contributed by atoms with Gasteiger partial charge in [-0.3, -0.25) is 14.1 Å². The van der Waals surface area contributed by atoms with Gasteiger partial charge in [-0.25, -0.2) is 4.98 Å². The van der Waals surface area contributed by atoms with Gasteiger partial charge in [0.1, 0.15) is 6.04 Å². The molecule has 0 amide bonds. The van der Waals surface area contributed by atoms with Gasteiger partial charge in [0.05, 0.1) is 24.0 Å². The number of nitriles is 1. The molecule has 0 aliphatic rings. The van der Waals surface area contributed by atoms with Crippen molar-refractivity contribution in [2.45, 2.75) is 19.9 Å². The first-order valence-corrected chi connectivity index (χ1v) is 6.58. The van der Waals surface area contributed by atoms with E-state index in [2.05, 4.69) is 11.1 Å². The fraction of sp³-hybridized carbons (Fsp3) is 0.417. The molecule has 2 rings (SSSR count). The van der Waals surface area contributed by atoms with Crippen molar-refractivity contribution in [1.29, 1.82) is 5.26 Å². The molecule has 0 spiro atoms. The van der Waals surface area contributed by atoms with E-state index in [1.165, 1.54) is 16.2 Å². The van der Waals surface area contributed by atoms with Gasteiger partial charge in [-0.1, -0.05) is 0 Å². The molecule has 2 aromatic rings. The van der Waals surface area contributed by atoms with E-state index < -0.39 is 12.0 Å². The maximum absolute atomic E-state index is 10.8. The molecular formula is C12H14N4O2S. The number of imidazole rings is 1. The summed E-state index contributed by atoms with van der Waals surface area (Å²) in [6.07, 6.45) is 0. The molecule has 0 saturated carbocycles. The van der Waals surface area contributed by atoms with Gasteiger partial charge in [0.15, 0.2) is 4.96 Å². The Hall–Kier alpha value is -1.91. The average molecular weight is 278 g/mol. The number of thiazole rings is 1. The monoisotopic (exact) mass is 278 g/mol. The van der Waals surface area contributed by atoms with Crippen molar-refractivity contribution >= 4 is 22.3 Å². The van der Waals surface area contributed by atoms with Crippen LogP contribution in [0.25, 0.3) is 4.96 Å². The number of fused-ring (bicyclic) bond motifs is 1. The second-order valence-electron chi connectivity index (χ2n) is 4.42. The zero-order chi connectivity index (χ0) is 14.2. The second kappa shape index (κ2) is 4.99. The lowest BCUT2D eigenvalue weighted by molar-refractivity contribution is -0.138. The Morgan fingerprint density at radius 1 is 1.68 bits per heavy atom. The summed E-state index contributed by atoms with van der Waals surface area (Å²) in [5.74, 6) is -0.955. The molecule has 0 bridgehead atoms. The molecule has 0 aliphatic heterocycles. The topological polar surface area (TPSA) is 81.6 Å². The number of aliphatic carboxylic acids is 1. The summed E-state index contributed by atoms with van der Waals surface area (Å²) in [6, 6.07) is 1.54. The van der Waals surface area contributed by atoms with E-state index in [1.807, 2.05) is 23.6 Å². The highest BCUT2D eigenvalue weighted by atomic mass is 32.1. The quantitative estimate of drug-likeness (QED) is 0.918. The van der Waals surface area contributed by atoms with Crippen molar-refractivity contribution in [3.63, 3.8) is 0 Å². The molecule has 0 aliphatic carbocycles. The molecule has 0 saturated heterocycles. The van der Waals surface area contributed by atoms with Crippen molar-refractivity contribution in [1.82, 2.24) is 14.3 Å². The first-order valence-electron chi connectivity index (χ1n) is 5.70. The predicted octanol–water partition coefficient (Wildman–Crippen LogP) is 1.59. The molecule has 0 aromatic carbocycles. The smallest absolute Gasteiger partial charge is 0.317 e. The number of hydrogen-bond donors (Lipinski definition) is 1. The number of rotatable bonds is 4. The van der Waals surface area contributed by atoms with Crippen LogP contribution >= 0.6 is 11.3 Å². The molecule has 1 atom stereocenters. The van der Waals surface area contributed by atoms with Crippen LogP contribution < -0.4 is 0 Å². The Bertz CT molecular complexity index is 667. The lowest BCUT2D eigenvalue weighted by Crippen LogP contribution is -2.30. The number of carboxylic acids is 1. The van der Waals surface area contributed by atoms with E-state index in [4.69, 9.17) is 5.11 Å². The van der Waals surface area contributed by atoms with Crippen LogP contribution in [0.5, 0.6) is 0 Å². The minimum absolute atomic E-state index is 0.186. The van der Waals surface area contributed by atoms with Crippen LogP contribution in [0.15, 0.2) is 5.38 Å². The van der Waals surface area contributed by atoms with E-state index >= 15 is 0 Å². The molecule has 1 unspecified atom stereocenters. The molecule has 7 heteroatoms. The van der Waals surface area contributed by atoms with Crippen molar-refractivity contribution in [2.75, 3.05) is 13.6 Å². The van der Waals surface area contributed by atoms with Gasteiger partial charge in [0.2, 0.25) is 0 Å². The third-order valence-electron chi connectivity index (χ3n) is 2.96. The minimum atomic E-state index is -0.955. The standard InChI is InChI=1S/C12H14N4O2S/c1-7-6-19-12-14-8(2)11(16(7)12)9(4-13)15(3)5-10(17)18/h6,9H,5H2,1-3H3,(H,17,18). The highest BCUT2D eigenvalue weighted by Gasteiger charge is 2.25. The van der Waals surface area contributed by atoms with Crippen LogP contribution in [0.1, 0.15) is 23.1 Å². The van der Waals surface area contributed by atoms with Gasteiger partial charge in [-0.15, -0.1) is 11.3 Å². The number of nitrogens with zero attached hydrogens (tertiary/aromatic N) is 4. The average Bonchev–Trinajstić information content (AvgIpc) is 2.81. The number of likely N-dealkylation sites (N-methyl/N-ethyl adjacent to an activating group) is 1. The fourth-order valence-electron chi connectivity index (χ4n) is 2.12. The summed E-state index contributed by atoms with van der Waals surface area (Å²) < 4.78 is 1.92. The number of carbonyl (C=O) groups is 1. The zero-order valence-corrected chi connectivity index (χ0v) is 11.7. The van der Waals surface area contributed by atoms with Gasteiger partial charge in [-0.2, -0.15) is 5.26 Å². The summed E-state index contributed by atoms with van der Waals surface area (Å²) >= 11 is 1.51. The number of carboxylic acid groups (broad SMARTS) is 1. The van der Waals surface area contributed by atoms with Crippen LogP contribution in [-0.4, -0.2) is 39.0 Å². The lowest BCUT2D eigenvalue weighted by Gasteiger charge is -2.20. The Kier molecular flexibility index (Phi) is 3.55. The molecular weight excluding hydrogens is 264 g/mol. The molecule has 100 valence electrons.